The number of nitrogens with zero attached hydrogens (tertiary/aromatic N) is 2. The van der Waals surface area contributed by atoms with Gasteiger partial charge < -0.3 is 10.1 Å². The molecule has 1 aromatic heterocycles. The number of carbonyl (C=O) groups excluding carboxylic acids is 1. The molecule has 2 heterocycles. The van der Waals surface area contributed by atoms with E-state index in [1.807, 2.05) is 26.8 Å². The van der Waals surface area contributed by atoms with E-state index in [1.165, 1.54) is 0 Å². The van der Waals surface area contributed by atoms with Gasteiger partial charge in [-0.1, -0.05) is 11.6 Å². The number of hydrogen-bond donors (Lipinski definition) is 1. The number of amides is 1. The van der Waals surface area contributed by atoms with E-state index in [1.54, 1.807) is 12.4 Å². The molecule has 0 radical (unpaired) electrons. The molecule has 2 rings (SSSR count). The van der Waals surface area contributed by atoms with Crippen LogP contribution in [0.1, 0.15) is 39.2 Å². The fourth-order valence-electron chi connectivity index (χ4n) is 2.66. The minimum absolute atomic E-state index is 0.330. The lowest BCUT2D eigenvalue weighted by molar-refractivity contribution is 0.0509. The number of alkyl carbamates (subject to hydrolysis) is 1. The molecule has 0 aromatic carbocycles. The molecule has 1 aliphatic heterocycles. The van der Waals surface area contributed by atoms with Gasteiger partial charge in [0.2, 0.25) is 0 Å². The quantitative estimate of drug-likeness (QED) is 0.912. The highest BCUT2D eigenvalue weighted by atomic mass is 35.5. The Kier molecular flexibility index (Phi) is 6.25. The fourth-order valence-corrected chi connectivity index (χ4v) is 2.84. The van der Waals surface area contributed by atoms with E-state index in [9.17, 15) is 4.79 Å². The van der Waals surface area contributed by atoms with Gasteiger partial charge in [-0.2, -0.15) is 0 Å². The van der Waals surface area contributed by atoms with Gasteiger partial charge in [-0.05, 0) is 64.3 Å². The molecule has 1 N–H and O–H groups in total. The van der Waals surface area contributed by atoms with E-state index in [0.29, 0.717) is 12.5 Å². The summed E-state index contributed by atoms with van der Waals surface area (Å²) in [6.07, 6.45) is 5.27. The minimum atomic E-state index is -0.447. The molecule has 0 unspecified atom stereocenters. The third-order valence-corrected chi connectivity index (χ3v) is 4.23. The Morgan fingerprint density at radius 3 is 2.74 bits per heavy atom. The number of likely N-dealkylation sites (tertiary alicyclic amines) is 1. The average molecular weight is 340 g/mol. The SMILES string of the molecule is CC(C)(C)OC(=O)NCC1CCN(Cc2ccncc2Cl)CC1. The maximum absolute atomic E-state index is 11.7. The normalized spacial score (nSPS) is 17.0. The lowest BCUT2D eigenvalue weighted by Crippen LogP contribution is -2.40. The topological polar surface area (TPSA) is 54.5 Å². The highest BCUT2D eigenvalue weighted by Crippen LogP contribution is 2.21. The van der Waals surface area contributed by atoms with Crippen molar-refractivity contribution in [1.29, 1.82) is 0 Å². The van der Waals surface area contributed by atoms with Crippen LogP contribution in [-0.4, -0.2) is 41.2 Å². The Labute approximate surface area is 143 Å². The Morgan fingerprint density at radius 2 is 2.13 bits per heavy atom. The van der Waals surface area contributed by atoms with E-state index < -0.39 is 5.60 Å². The van der Waals surface area contributed by atoms with Gasteiger partial charge in [0.1, 0.15) is 5.60 Å². The van der Waals surface area contributed by atoms with Gasteiger partial charge in [0.25, 0.3) is 0 Å². The number of rotatable bonds is 4. The molecule has 23 heavy (non-hydrogen) atoms. The van der Waals surface area contributed by atoms with Crippen molar-refractivity contribution < 1.29 is 9.53 Å². The van der Waals surface area contributed by atoms with Crippen LogP contribution in [0, 0.1) is 5.92 Å². The van der Waals surface area contributed by atoms with Gasteiger partial charge in [-0.3, -0.25) is 9.88 Å². The number of ether oxygens (including phenoxy) is 1. The van der Waals surface area contributed by atoms with E-state index in [4.69, 9.17) is 16.3 Å². The second-order valence-electron chi connectivity index (χ2n) is 7.07. The monoisotopic (exact) mass is 339 g/mol. The Bertz CT molecular complexity index is 523. The predicted octanol–water partition coefficient (Wildman–Crippen LogP) is 3.47. The molecule has 1 aliphatic rings. The standard InChI is InChI=1S/C17H26ClN3O2/c1-17(2,3)23-16(22)20-10-13-5-8-21(9-6-13)12-14-4-7-19-11-15(14)18/h4,7,11,13H,5-6,8-10,12H2,1-3H3,(H,20,22). The second kappa shape index (κ2) is 7.97. The number of carbonyl (C=O) groups is 1. The summed E-state index contributed by atoms with van der Waals surface area (Å²) < 4.78 is 5.26. The molecule has 1 fully saturated rings. The molecule has 6 heteroatoms. The number of halogens is 1. The van der Waals surface area contributed by atoms with Crippen molar-refractivity contribution in [2.75, 3.05) is 19.6 Å². The smallest absolute Gasteiger partial charge is 0.407 e. The van der Waals surface area contributed by atoms with Crippen molar-refractivity contribution in [2.24, 2.45) is 5.92 Å². The Hall–Kier alpha value is -1.33. The molecule has 5 nitrogen and oxygen atoms in total. The third kappa shape index (κ3) is 6.36. The molecule has 0 saturated carbocycles. The molecule has 1 saturated heterocycles. The number of hydrogen-bond acceptors (Lipinski definition) is 4. The summed E-state index contributed by atoms with van der Waals surface area (Å²) in [5, 5.41) is 3.60. The summed E-state index contributed by atoms with van der Waals surface area (Å²) in [5.41, 5.74) is 0.670. The van der Waals surface area contributed by atoms with Crippen LogP contribution in [0.25, 0.3) is 0 Å². The van der Waals surface area contributed by atoms with E-state index >= 15 is 0 Å². The minimum Gasteiger partial charge on any atom is -0.444 e. The van der Waals surface area contributed by atoms with E-state index in [2.05, 4.69) is 15.2 Å². The van der Waals surface area contributed by atoms with Crippen LogP contribution in [0.3, 0.4) is 0 Å². The van der Waals surface area contributed by atoms with Crippen molar-refractivity contribution in [1.82, 2.24) is 15.2 Å². The molecule has 1 amide bonds. The average Bonchev–Trinajstić information content (AvgIpc) is 2.47. The Balaban J connectivity index is 1.70. The molecule has 128 valence electrons. The van der Waals surface area contributed by atoms with Crippen LogP contribution in [0.5, 0.6) is 0 Å². The van der Waals surface area contributed by atoms with Gasteiger partial charge in [-0.25, -0.2) is 4.79 Å². The van der Waals surface area contributed by atoms with Gasteiger partial charge >= 0.3 is 6.09 Å². The highest BCUT2D eigenvalue weighted by Gasteiger charge is 2.22. The van der Waals surface area contributed by atoms with Crippen LogP contribution in [-0.2, 0) is 11.3 Å². The molecular formula is C17H26ClN3O2. The first-order chi connectivity index (χ1) is 10.8. The van der Waals surface area contributed by atoms with Gasteiger partial charge in [0.15, 0.2) is 0 Å². The summed E-state index contributed by atoms with van der Waals surface area (Å²) in [6, 6.07) is 1.97. The molecule has 0 atom stereocenters. The maximum atomic E-state index is 11.7. The molecular weight excluding hydrogens is 314 g/mol. The zero-order valence-electron chi connectivity index (χ0n) is 14.1. The zero-order valence-corrected chi connectivity index (χ0v) is 14.9. The van der Waals surface area contributed by atoms with Crippen LogP contribution < -0.4 is 5.32 Å². The molecule has 0 bridgehead atoms. The molecule has 0 spiro atoms. The predicted molar refractivity (Wildman–Crippen MR) is 91.5 cm³/mol. The van der Waals surface area contributed by atoms with Gasteiger partial charge in [0, 0.05) is 25.5 Å². The highest BCUT2D eigenvalue weighted by molar-refractivity contribution is 6.31. The largest absolute Gasteiger partial charge is 0.444 e. The summed E-state index contributed by atoms with van der Waals surface area (Å²) in [5.74, 6) is 0.506. The number of aromatic nitrogens is 1. The fraction of sp³-hybridized carbons (Fsp3) is 0.647. The molecule has 0 aliphatic carbocycles. The second-order valence-corrected chi connectivity index (χ2v) is 7.48. The first-order valence-electron chi connectivity index (χ1n) is 8.11. The van der Waals surface area contributed by atoms with Gasteiger partial charge in [0.05, 0.1) is 5.02 Å². The van der Waals surface area contributed by atoms with Crippen molar-refractivity contribution in [3.05, 3.63) is 29.0 Å². The van der Waals surface area contributed by atoms with Gasteiger partial charge in [-0.15, -0.1) is 0 Å². The van der Waals surface area contributed by atoms with E-state index in [0.717, 1.165) is 43.1 Å². The van der Waals surface area contributed by atoms with Crippen molar-refractivity contribution in [3.63, 3.8) is 0 Å². The first kappa shape index (κ1) is 18.0. The first-order valence-corrected chi connectivity index (χ1v) is 8.49. The lowest BCUT2D eigenvalue weighted by atomic mass is 9.96. The summed E-state index contributed by atoms with van der Waals surface area (Å²) in [4.78, 5) is 18.1. The summed E-state index contributed by atoms with van der Waals surface area (Å²) in [7, 11) is 0. The van der Waals surface area contributed by atoms with Crippen molar-refractivity contribution in [2.45, 2.75) is 45.8 Å². The molecule has 1 aromatic rings. The number of piperidine rings is 1. The zero-order chi connectivity index (χ0) is 16.9. The van der Waals surface area contributed by atoms with Crippen molar-refractivity contribution in [3.8, 4) is 0 Å². The number of nitrogens with one attached hydrogen (secondary N) is 1. The third-order valence-electron chi connectivity index (χ3n) is 3.89. The summed E-state index contributed by atoms with van der Waals surface area (Å²) in [6.45, 7) is 9.17. The Morgan fingerprint density at radius 1 is 1.43 bits per heavy atom. The van der Waals surface area contributed by atoms with Crippen molar-refractivity contribution >= 4 is 17.7 Å². The van der Waals surface area contributed by atoms with Crippen LogP contribution in [0.15, 0.2) is 18.5 Å². The van der Waals surface area contributed by atoms with Crippen LogP contribution in [0.4, 0.5) is 4.79 Å². The number of pyridine rings is 1. The van der Waals surface area contributed by atoms with Crippen LogP contribution >= 0.6 is 11.6 Å². The van der Waals surface area contributed by atoms with Crippen LogP contribution in [0.2, 0.25) is 5.02 Å². The lowest BCUT2D eigenvalue weighted by Gasteiger charge is -2.32. The maximum Gasteiger partial charge on any atom is 0.407 e. The van der Waals surface area contributed by atoms with E-state index in [-0.39, 0.29) is 6.09 Å². The summed E-state index contributed by atoms with van der Waals surface area (Å²) >= 11 is 6.16.